The summed E-state index contributed by atoms with van der Waals surface area (Å²) in [6, 6.07) is 12.4. The summed E-state index contributed by atoms with van der Waals surface area (Å²) in [7, 11) is 0. The van der Waals surface area contributed by atoms with E-state index >= 15 is 0 Å². The van der Waals surface area contributed by atoms with E-state index in [1.54, 1.807) is 18.2 Å². The lowest BCUT2D eigenvalue weighted by Crippen LogP contribution is -2.25. The van der Waals surface area contributed by atoms with Crippen LogP contribution >= 0.6 is 23.2 Å². The van der Waals surface area contributed by atoms with E-state index in [0.717, 1.165) is 17.7 Å². The number of carbonyl (C=O) groups excluding carboxylic acids is 1. The molecule has 0 aliphatic heterocycles. The molecule has 2 rings (SSSR count). The van der Waals surface area contributed by atoms with E-state index in [-0.39, 0.29) is 5.91 Å². The van der Waals surface area contributed by atoms with Crippen LogP contribution in [0.4, 0.5) is 5.69 Å². The average molecular weight is 309 g/mol. The van der Waals surface area contributed by atoms with E-state index in [0.29, 0.717) is 22.2 Å². The number of nitrogen functional groups attached to an aromatic ring is 1. The van der Waals surface area contributed by atoms with Crippen LogP contribution in [0.2, 0.25) is 10.0 Å². The van der Waals surface area contributed by atoms with Gasteiger partial charge in [0.05, 0.1) is 10.6 Å². The molecule has 0 aliphatic carbocycles. The summed E-state index contributed by atoms with van der Waals surface area (Å²) in [5.41, 5.74) is 7.88. The first-order valence-electron chi connectivity index (χ1n) is 6.14. The van der Waals surface area contributed by atoms with E-state index in [2.05, 4.69) is 5.32 Å². The van der Waals surface area contributed by atoms with Crippen molar-refractivity contribution in [2.45, 2.75) is 6.42 Å². The minimum Gasteiger partial charge on any atom is -0.399 e. The third-order valence-corrected chi connectivity index (χ3v) is 3.40. The molecule has 0 unspecified atom stereocenters. The Kier molecular flexibility index (Phi) is 4.88. The molecular weight excluding hydrogens is 295 g/mol. The fraction of sp³-hybridized carbons (Fsp3) is 0.133. The number of amides is 1. The van der Waals surface area contributed by atoms with Crippen LogP contribution in [0.5, 0.6) is 0 Å². The minimum absolute atomic E-state index is 0.206. The van der Waals surface area contributed by atoms with Crippen LogP contribution in [-0.4, -0.2) is 12.5 Å². The van der Waals surface area contributed by atoms with Gasteiger partial charge in [-0.2, -0.15) is 0 Å². The van der Waals surface area contributed by atoms with Crippen molar-refractivity contribution in [1.29, 1.82) is 0 Å². The molecule has 3 nitrogen and oxygen atoms in total. The molecule has 2 aromatic carbocycles. The molecule has 2 aromatic rings. The molecule has 104 valence electrons. The highest BCUT2D eigenvalue weighted by Crippen LogP contribution is 2.20. The van der Waals surface area contributed by atoms with Crippen LogP contribution in [0.1, 0.15) is 15.9 Å². The van der Waals surface area contributed by atoms with E-state index in [1.165, 1.54) is 0 Å². The van der Waals surface area contributed by atoms with Crippen LogP contribution in [0.3, 0.4) is 0 Å². The number of nitrogens with two attached hydrogens (primary N) is 1. The molecule has 20 heavy (non-hydrogen) atoms. The predicted octanol–water partition coefficient (Wildman–Crippen LogP) is 3.55. The zero-order chi connectivity index (χ0) is 14.5. The van der Waals surface area contributed by atoms with Crippen molar-refractivity contribution >= 4 is 34.8 Å². The predicted molar refractivity (Wildman–Crippen MR) is 83.4 cm³/mol. The normalized spacial score (nSPS) is 10.3. The van der Waals surface area contributed by atoms with Crippen molar-refractivity contribution in [3.05, 3.63) is 63.6 Å². The summed E-state index contributed by atoms with van der Waals surface area (Å²) in [6.45, 7) is 0.529. The first-order valence-corrected chi connectivity index (χ1v) is 6.89. The van der Waals surface area contributed by atoms with Gasteiger partial charge in [-0.05, 0) is 42.3 Å². The molecule has 0 saturated carbocycles. The molecular formula is C15H14Cl2N2O. The standard InChI is InChI=1S/C15H14Cl2N2O/c16-11-3-6-13(14(17)9-11)15(20)19-8-7-10-1-4-12(18)5-2-10/h1-6,9H,7-8,18H2,(H,19,20). The van der Waals surface area contributed by atoms with Crippen molar-refractivity contribution in [3.8, 4) is 0 Å². The van der Waals surface area contributed by atoms with Crippen molar-refractivity contribution in [3.63, 3.8) is 0 Å². The molecule has 0 aromatic heterocycles. The van der Waals surface area contributed by atoms with Gasteiger partial charge in [0.1, 0.15) is 0 Å². The summed E-state index contributed by atoms with van der Waals surface area (Å²) < 4.78 is 0. The molecule has 0 bridgehead atoms. The number of rotatable bonds is 4. The Bertz CT molecular complexity index is 612. The Morgan fingerprint density at radius 3 is 2.45 bits per heavy atom. The molecule has 0 atom stereocenters. The van der Waals surface area contributed by atoms with Crippen molar-refractivity contribution in [1.82, 2.24) is 5.32 Å². The second kappa shape index (κ2) is 6.64. The summed E-state index contributed by atoms with van der Waals surface area (Å²) in [4.78, 5) is 12.0. The fourth-order valence-corrected chi connectivity index (χ4v) is 2.27. The summed E-state index contributed by atoms with van der Waals surface area (Å²) in [5.74, 6) is -0.206. The maximum atomic E-state index is 12.0. The highest BCUT2D eigenvalue weighted by atomic mass is 35.5. The lowest BCUT2D eigenvalue weighted by atomic mass is 10.1. The van der Waals surface area contributed by atoms with Gasteiger partial charge in [-0.3, -0.25) is 4.79 Å². The Balaban J connectivity index is 1.90. The minimum atomic E-state index is -0.206. The quantitative estimate of drug-likeness (QED) is 0.849. The Hall–Kier alpha value is -1.71. The maximum absolute atomic E-state index is 12.0. The largest absolute Gasteiger partial charge is 0.399 e. The Morgan fingerprint density at radius 1 is 1.10 bits per heavy atom. The molecule has 0 heterocycles. The van der Waals surface area contributed by atoms with Gasteiger partial charge >= 0.3 is 0 Å². The third kappa shape index (κ3) is 3.89. The second-order valence-electron chi connectivity index (χ2n) is 4.37. The van der Waals surface area contributed by atoms with Crippen molar-refractivity contribution < 1.29 is 4.79 Å². The number of benzene rings is 2. The molecule has 0 spiro atoms. The Morgan fingerprint density at radius 2 is 1.80 bits per heavy atom. The van der Waals surface area contributed by atoms with Gasteiger partial charge in [0.2, 0.25) is 0 Å². The molecule has 0 radical (unpaired) electrons. The maximum Gasteiger partial charge on any atom is 0.252 e. The molecule has 0 saturated heterocycles. The smallest absolute Gasteiger partial charge is 0.252 e. The first kappa shape index (κ1) is 14.7. The molecule has 0 aliphatic rings. The number of hydrogen-bond acceptors (Lipinski definition) is 2. The van der Waals surface area contributed by atoms with Crippen LogP contribution in [-0.2, 0) is 6.42 Å². The molecule has 1 amide bonds. The highest BCUT2D eigenvalue weighted by Gasteiger charge is 2.09. The van der Waals surface area contributed by atoms with Gasteiger partial charge in [0, 0.05) is 17.3 Å². The van der Waals surface area contributed by atoms with Crippen molar-refractivity contribution in [2.24, 2.45) is 0 Å². The molecule has 3 N–H and O–H groups in total. The van der Waals surface area contributed by atoms with Gasteiger partial charge in [0.15, 0.2) is 0 Å². The zero-order valence-electron chi connectivity index (χ0n) is 10.7. The zero-order valence-corrected chi connectivity index (χ0v) is 12.2. The van der Waals surface area contributed by atoms with E-state index < -0.39 is 0 Å². The second-order valence-corrected chi connectivity index (χ2v) is 5.22. The van der Waals surface area contributed by atoms with E-state index in [1.807, 2.05) is 24.3 Å². The Labute approximate surface area is 127 Å². The number of hydrogen-bond donors (Lipinski definition) is 2. The van der Waals surface area contributed by atoms with Crippen LogP contribution in [0.15, 0.2) is 42.5 Å². The van der Waals surface area contributed by atoms with Crippen LogP contribution in [0.25, 0.3) is 0 Å². The van der Waals surface area contributed by atoms with E-state index in [9.17, 15) is 4.79 Å². The topological polar surface area (TPSA) is 55.1 Å². The number of carbonyl (C=O) groups is 1. The lowest BCUT2D eigenvalue weighted by molar-refractivity contribution is 0.0954. The van der Waals surface area contributed by atoms with Gasteiger partial charge in [-0.25, -0.2) is 0 Å². The summed E-state index contributed by atoms with van der Waals surface area (Å²) in [6.07, 6.45) is 0.733. The third-order valence-electron chi connectivity index (χ3n) is 2.85. The molecule has 0 fully saturated rings. The lowest BCUT2D eigenvalue weighted by Gasteiger charge is -2.07. The highest BCUT2D eigenvalue weighted by molar-refractivity contribution is 6.36. The van der Waals surface area contributed by atoms with Gasteiger partial charge in [-0.1, -0.05) is 35.3 Å². The SMILES string of the molecule is Nc1ccc(CCNC(=O)c2ccc(Cl)cc2Cl)cc1. The summed E-state index contributed by atoms with van der Waals surface area (Å²) >= 11 is 11.8. The van der Waals surface area contributed by atoms with E-state index in [4.69, 9.17) is 28.9 Å². The fourth-order valence-electron chi connectivity index (χ4n) is 1.77. The van der Waals surface area contributed by atoms with Gasteiger partial charge < -0.3 is 11.1 Å². The van der Waals surface area contributed by atoms with Gasteiger partial charge in [-0.15, -0.1) is 0 Å². The van der Waals surface area contributed by atoms with Crippen molar-refractivity contribution in [2.75, 3.05) is 12.3 Å². The number of halogens is 2. The van der Waals surface area contributed by atoms with Crippen LogP contribution < -0.4 is 11.1 Å². The number of anilines is 1. The van der Waals surface area contributed by atoms with Gasteiger partial charge in [0.25, 0.3) is 5.91 Å². The summed E-state index contributed by atoms with van der Waals surface area (Å²) in [5, 5.41) is 3.68. The first-order chi connectivity index (χ1) is 9.56. The average Bonchev–Trinajstić information content (AvgIpc) is 2.41. The van der Waals surface area contributed by atoms with Crippen LogP contribution in [0, 0.1) is 0 Å². The monoisotopic (exact) mass is 308 g/mol. The molecule has 5 heteroatoms. The number of nitrogens with one attached hydrogen (secondary N) is 1.